The van der Waals surface area contributed by atoms with Gasteiger partial charge in [0.2, 0.25) is 0 Å². The van der Waals surface area contributed by atoms with E-state index in [0.717, 1.165) is 22.7 Å². The molecule has 0 radical (unpaired) electrons. The Kier molecular flexibility index (Phi) is 9.11. The molecule has 1 heterocycles. The fourth-order valence-electron chi connectivity index (χ4n) is 11.3. The van der Waals surface area contributed by atoms with E-state index in [2.05, 4.69) is 277 Å². The third-order valence-electron chi connectivity index (χ3n) is 14.1. The Labute approximate surface area is 391 Å². The van der Waals surface area contributed by atoms with Crippen molar-refractivity contribution >= 4 is 44.9 Å². The lowest BCUT2D eigenvalue weighted by Gasteiger charge is -2.45. The van der Waals surface area contributed by atoms with E-state index in [1.54, 1.807) is 0 Å². The number of para-hydroxylation sites is 4. The topological polar surface area (TPSA) is 6.48 Å². The average Bonchev–Trinajstić information content (AvgIpc) is 3.71. The van der Waals surface area contributed by atoms with Crippen molar-refractivity contribution in [3.63, 3.8) is 0 Å². The van der Waals surface area contributed by atoms with Crippen LogP contribution in [0.4, 0.5) is 34.1 Å². The van der Waals surface area contributed by atoms with Crippen molar-refractivity contribution in [2.24, 2.45) is 0 Å². The number of anilines is 6. The fraction of sp³-hybridized carbons (Fsp3) is 0.0154. The predicted molar refractivity (Wildman–Crippen MR) is 280 cm³/mol. The van der Waals surface area contributed by atoms with E-state index in [0.29, 0.717) is 0 Å². The summed E-state index contributed by atoms with van der Waals surface area (Å²) >= 11 is 0. The van der Waals surface area contributed by atoms with Crippen LogP contribution < -0.4 is 9.80 Å². The van der Waals surface area contributed by atoms with E-state index in [4.69, 9.17) is 0 Å². The van der Waals surface area contributed by atoms with Crippen LogP contribution in [0.15, 0.2) is 267 Å². The molecular formula is C65H44N2. The summed E-state index contributed by atoms with van der Waals surface area (Å²) in [5, 5.41) is 2.38. The van der Waals surface area contributed by atoms with Crippen molar-refractivity contribution in [2.75, 3.05) is 9.80 Å². The van der Waals surface area contributed by atoms with Gasteiger partial charge in [0, 0.05) is 22.3 Å². The second-order valence-corrected chi connectivity index (χ2v) is 17.5. The van der Waals surface area contributed by atoms with Gasteiger partial charge in [-0.2, -0.15) is 0 Å². The zero-order valence-electron chi connectivity index (χ0n) is 36.8. The molecule has 1 aliphatic carbocycles. The van der Waals surface area contributed by atoms with Crippen LogP contribution in [0.1, 0.15) is 22.3 Å². The molecule has 11 aromatic carbocycles. The van der Waals surface area contributed by atoms with Crippen molar-refractivity contribution in [1.82, 2.24) is 0 Å². The van der Waals surface area contributed by atoms with Crippen molar-refractivity contribution in [1.29, 1.82) is 0 Å². The first-order chi connectivity index (χ1) is 33.3. The van der Waals surface area contributed by atoms with Crippen molar-refractivity contribution in [2.45, 2.75) is 5.41 Å². The van der Waals surface area contributed by atoms with Crippen molar-refractivity contribution in [3.8, 4) is 44.5 Å². The molecule has 2 aliphatic rings. The van der Waals surface area contributed by atoms with Crippen LogP contribution in [0, 0.1) is 0 Å². The molecule has 314 valence electrons. The Morgan fingerprint density at radius 2 is 0.791 bits per heavy atom. The standard InChI is InChI=1S/C65H44N2/c1-4-21-45(22-5-1)46-39-41-49(42-40-46)66(60-36-17-13-27-50(60)47-23-6-2-7-24-47)61-44-43-52(51-28-10-11-29-53(51)61)54-31-20-35-59-64(54)55-30-12-14-32-56(55)65(59)57-33-15-18-37-62(57)67(48-25-8-3-9-26-48)63-38-19-16-34-58(63)65/h1-44H. The number of nitrogens with zero attached hydrogens (tertiary/aromatic N) is 2. The van der Waals surface area contributed by atoms with Crippen molar-refractivity contribution in [3.05, 3.63) is 289 Å². The Hall–Kier alpha value is -8.72. The number of rotatable bonds is 7. The van der Waals surface area contributed by atoms with E-state index in [9.17, 15) is 0 Å². The summed E-state index contributed by atoms with van der Waals surface area (Å²) in [6.07, 6.45) is 0. The fourth-order valence-corrected chi connectivity index (χ4v) is 11.3. The Morgan fingerprint density at radius 3 is 1.49 bits per heavy atom. The lowest BCUT2D eigenvalue weighted by atomic mass is 9.64. The van der Waals surface area contributed by atoms with Gasteiger partial charge in [-0.1, -0.05) is 218 Å². The van der Waals surface area contributed by atoms with Gasteiger partial charge in [0.1, 0.15) is 0 Å². The van der Waals surface area contributed by atoms with Gasteiger partial charge < -0.3 is 9.80 Å². The third-order valence-corrected chi connectivity index (χ3v) is 14.1. The van der Waals surface area contributed by atoms with E-state index in [-0.39, 0.29) is 0 Å². The van der Waals surface area contributed by atoms with Crippen molar-refractivity contribution < 1.29 is 0 Å². The maximum Gasteiger partial charge on any atom is 0.0754 e. The average molecular weight is 853 g/mol. The molecule has 1 spiro atoms. The largest absolute Gasteiger partial charge is 0.310 e. The van der Waals surface area contributed by atoms with Crippen LogP contribution in [0.3, 0.4) is 0 Å². The summed E-state index contributed by atoms with van der Waals surface area (Å²) in [6.45, 7) is 0. The number of hydrogen-bond acceptors (Lipinski definition) is 2. The molecular weight excluding hydrogens is 809 g/mol. The summed E-state index contributed by atoms with van der Waals surface area (Å²) in [7, 11) is 0. The molecule has 0 saturated carbocycles. The highest BCUT2D eigenvalue weighted by Crippen LogP contribution is 2.64. The zero-order chi connectivity index (χ0) is 44.3. The van der Waals surface area contributed by atoms with Gasteiger partial charge in [0.25, 0.3) is 0 Å². The third kappa shape index (κ3) is 5.97. The summed E-state index contributed by atoms with van der Waals surface area (Å²) in [5.74, 6) is 0. The highest BCUT2D eigenvalue weighted by atomic mass is 15.2. The van der Waals surface area contributed by atoms with Gasteiger partial charge in [-0.3, -0.25) is 0 Å². The molecule has 0 amide bonds. The summed E-state index contributed by atoms with van der Waals surface area (Å²) in [6, 6.07) is 98.0. The number of hydrogen-bond donors (Lipinski definition) is 0. The molecule has 2 heteroatoms. The molecule has 0 aromatic heterocycles. The second kappa shape index (κ2) is 15.8. The molecule has 0 saturated heterocycles. The van der Waals surface area contributed by atoms with Crippen LogP contribution in [0.5, 0.6) is 0 Å². The lowest BCUT2D eigenvalue weighted by molar-refractivity contribution is 0.753. The number of fused-ring (bicyclic) bond motifs is 10. The lowest BCUT2D eigenvalue weighted by Crippen LogP contribution is -2.36. The second-order valence-electron chi connectivity index (χ2n) is 17.5. The SMILES string of the molecule is c1ccc(-c2ccc(N(c3ccccc3-c3ccccc3)c3ccc(-c4cccc5c4-c4ccccc4C54c5ccccc5N(c5ccccc5)c5ccccc54)c4ccccc34)cc2)cc1. The normalized spacial score (nSPS) is 12.9. The molecule has 67 heavy (non-hydrogen) atoms. The van der Waals surface area contributed by atoms with Crippen LogP contribution in [-0.4, -0.2) is 0 Å². The minimum absolute atomic E-state index is 0.542. The minimum Gasteiger partial charge on any atom is -0.310 e. The molecule has 0 bridgehead atoms. The quantitative estimate of drug-likeness (QED) is 0.158. The number of benzene rings is 11. The molecule has 13 rings (SSSR count). The van der Waals surface area contributed by atoms with Gasteiger partial charge in [-0.25, -0.2) is 0 Å². The van der Waals surface area contributed by atoms with Gasteiger partial charge >= 0.3 is 0 Å². The van der Waals surface area contributed by atoms with E-state index in [1.165, 1.54) is 88.9 Å². The van der Waals surface area contributed by atoms with E-state index in [1.807, 2.05) is 0 Å². The first-order valence-corrected chi connectivity index (χ1v) is 23.2. The van der Waals surface area contributed by atoms with Gasteiger partial charge in [0.05, 0.1) is 28.2 Å². The van der Waals surface area contributed by atoms with Gasteiger partial charge in [-0.15, -0.1) is 0 Å². The molecule has 0 atom stereocenters. The first-order valence-electron chi connectivity index (χ1n) is 23.2. The van der Waals surface area contributed by atoms with E-state index >= 15 is 0 Å². The highest BCUT2D eigenvalue weighted by Gasteiger charge is 2.52. The van der Waals surface area contributed by atoms with E-state index < -0.39 is 5.41 Å². The Bertz CT molecular complexity index is 3590. The zero-order valence-corrected chi connectivity index (χ0v) is 36.8. The van der Waals surface area contributed by atoms with Gasteiger partial charge in [-0.05, 0) is 115 Å². The maximum absolute atomic E-state index is 2.46. The summed E-state index contributed by atoms with van der Waals surface area (Å²) in [4.78, 5) is 4.90. The smallest absolute Gasteiger partial charge is 0.0754 e. The van der Waals surface area contributed by atoms with Crippen LogP contribution in [0.25, 0.3) is 55.3 Å². The summed E-state index contributed by atoms with van der Waals surface area (Å²) in [5.41, 5.74) is 21.3. The predicted octanol–water partition coefficient (Wildman–Crippen LogP) is 17.5. The highest BCUT2D eigenvalue weighted by molar-refractivity contribution is 6.10. The molecule has 0 fully saturated rings. The van der Waals surface area contributed by atoms with Crippen LogP contribution in [-0.2, 0) is 5.41 Å². The summed E-state index contributed by atoms with van der Waals surface area (Å²) < 4.78 is 0. The first kappa shape index (κ1) is 38.7. The van der Waals surface area contributed by atoms with Crippen LogP contribution >= 0.6 is 0 Å². The maximum atomic E-state index is 2.46. The Morgan fingerprint density at radius 1 is 0.284 bits per heavy atom. The Balaban J connectivity index is 1.04. The monoisotopic (exact) mass is 852 g/mol. The molecule has 11 aromatic rings. The molecule has 1 aliphatic heterocycles. The van der Waals surface area contributed by atoms with Crippen LogP contribution in [0.2, 0.25) is 0 Å². The molecule has 0 unspecified atom stereocenters. The minimum atomic E-state index is -0.542. The molecule has 2 nitrogen and oxygen atoms in total. The van der Waals surface area contributed by atoms with Gasteiger partial charge in [0.15, 0.2) is 0 Å². The molecule has 0 N–H and O–H groups in total.